The summed E-state index contributed by atoms with van der Waals surface area (Å²) >= 11 is 3.34. The number of nitrogens with two attached hydrogens (primary N) is 1. The molecule has 0 radical (unpaired) electrons. The van der Waals surface area contributed by atoms with Crippen molar-refractivity contribution in [2.45, 2.75) is 38.0 Å². The summed E-state index contributed by atoms with van der Waals surface area (Å²) in [6, 6.07) is 4.03. The minimum Gasteiger partial charge on any atom is -0.368 e. The smallest absolute Gasteiger partial charge is 0.368 e. The molecule has 0 spiro atoms. The quantitative estimate of drug-likeness (QED) is 0.845. The van der Waals surface area contributed by atoms with Gasteiger partial charge in [-0.25, -0.2) is 0 Å². The Balaban J connectivity index is 2.33. The maximum Gasteiger partial charge on any atom is 0.416 e. The van der Waals surface area contributed by atoms with Crippen molar-refractivity contribution in [1.29, 1.82) is 0 Å². The summed E-state index contributed by atoms with van der Waals surface area (Å²) in [5.74, 6) is 0. The topological polar surface area (TPSA) is 29.3 Å². The second-order valence-electron chi connectivity index (χ2n) is 4.99. The second-order valence-corrected chi connectivity index (χ2v) is 5.85. The van der Waals surface area contributed by atoms with Crippen LogP contribution in [0, 0.1) is 0 Å². The Bertz CT molecular complexity index is 462. The summed E-state index contributed by atoms with van der Waals surface area (Å²) in [5, 5.41) is 0. The Kier molecular flexibility index (Phi) is 4.11. The van der Waals surface area contributed by atoms with E-state index in [1.54, 1.807) is 0 Å². The fraction of sp³-hybridized carbons (Fsp3) is 0.538. The predicted molar refractivity (Wildman–Crippen MR) is 73.2 cm³/mol. The zero-order valence-corrected chi connectivity index (χ0v) is 12.1. The monoisotopic (exact) mass is 336 g/mol. The number of hydrogen-bond acceptors (Lipinski definition) is 2. The molecule has 1 aromatic carbocycles. The molecule has 1 saturated heterocycles. The molecule has 2 unspecified atom stereocenters. The van der Waals surface area contributed by atoms with Gasteiger partial charge in [-0.3, -0.25) is 0 Å². The third kappa shape index (κ3) is 3.23. The second kappa shape index (κ2) is 5.32. The minimum absolute atomic E-state index is 0.135. The van der Waals surface area contributed by atoms with Gasteiger partial charge in [0.05, 0.1) is 11.3 Å². The number of nitrogens with zero attached hydrogens (tertiary/aromatic N) is 1. The number of anilines is 1. The van der Waals surface area contributed by atoms with Crippen molar-refractivity contribution in [3.05, 3.63) is 28.2 Å². The highest BCUT2D eigenvalue weighted by molar-refractivity contribution is 9.10. The fourth-order valence-corrected chi connectivity index (χ4v) is 2.95. The van der Waals surface area contributed by atoms with E-state index in [0.29, 0.717) is 16.7 Å². The molecule has 0 amide bonds. The van der Waals surface area contributed by atoms with Crippen molar-refractivity contribution in [2.75, 3.05) is 11.4 Å². The zero-order valence-electron chi connectivity index (χ0n) is 10.5. The van der Waals surface area contributed by atoms with Gasteiger partial charge in [-0.1, -0.05) is 0 Å². The van der Waals surface area contributed by atoms with Crippen LogP contribution in [0.1, 0.15) is 25.3 Å². The number of hydrogen-bond donors (Lipinski definition) is 1. The van der Waals surface area contributed by atoms with Gasteiger partial charge in [-0.05, 0) is 53.9 Å². The van der Waals surface area contributed by atoms with E-state index in [1.165, 1.54) is 12.1 Å². The average molecular weight is 337 g/mol. The van der Waals surface area contributed by atoms with Crippen molar-refractivity contribution in [3.8, 4) is 0 Å². The number of benzene rings is 1. The maximum absolute atomic E-state index is 12.8. The molecule has 0 bridgehead atoms. The molecule has 1 fully saturated rings. The summed E-state index contributed by atoms with van der Waals surface area (Å²) in [4.78, 5) is 1.99. The molecular formula is C13H16BrF3N2. The van der Waals surface area contributed by atoms with Gasteiger partial charge in [0.1, 0.15) is 0 Å². The molecule has 106 valence electrons. The molecular weight excluding hydrogens is 321 g/mol. The Hall–Kier alpha value is -0.750. The molecule has 1 aliphatic rings. The van der Waals surface area contributed by atoms with Gasteiger partial charge in [0, 0.05) is 23.1 Å². The van der Waals surface area contributed by atoms with Gasteiger partial charge in [0.25, 0.3) is 0 Å². The third-order valence-corrected chi connectivity index (χ3v) is 4.17. The van der Waals surface area contributed by atoms with Crippen LogP contribution < -0.4 is 10.6 Å². The van der Waals surface area contributed by atoms with Crippen molar-refractivity contribution in [3.63, 3.8) is 0 Å². The number of halogens is 4. The van der Waals surface area contributed by atoms with Crippen LogP contribution in [0.25, 0.3) is 0 Å². The Morgan fingerprint density at radius 2 is 2.05 bits per heavy atom. The van der Waals surface area contributed by atoms with Gasteiger partial charge >= 0.3 is 6.18 Å². The number of alkyl halides is 3. The number of piperidine rings is 1. The van der Waals surface area contributed by atoms with E-state index in [9.17, 15) is 13.2 Å². The molecule has 1 aliphatic heterocycles. The van der Waals surface area contributed by atoms with E-state index in [2.05, 4.69) is 15.9 Å². The molecule has 2 nitrogen and oxygen atoms in total. The van der Waals surface area contributed by atoms with Crippen LogP contribution >= 0.6 is 15.9 Å². The lowest BCUT2D eigenvalue weighted by molar-refractivity contribution is -0.137. The van der Waals surface area contributed by atoms with E-state index >= 15 is 0 Å². The standard InChI is InChI=1S/C13H16BrF3N2/c1-8-6-10(18)4-5-19(8)12-7-9(13(15,16)17)2-3-11(12)14/h2-3,7-8,10H,4-6,18H2,1H3. The summed E-state index contributed by atoms with van der Waals surface area (Å²) in [5.41, 5.74) is 5.86. The SMILES string of the molecule is CC1CC(N)CCN1c1cc(C(F)(F)F)ccc1Br. The lowest BCUT2D eigenvalue weighted by atomic mass is 9.98. The highest BCUT2D eigenvalue weighted by atomic mass is 79.9. The van der Waals surface area contributed by atoms with Crippen LogP contribution in [0.15, 0.2) is 22.7 Å². The van der Waals surface area contributed by atoms with Gasteiger partial charge in [0.2, 0.25) is 0 Å². The summed E-state index contributed by atoms with van der Waals surface area (Å²) in [6.45, 7) is 2.67. The summed E-state index contributed by atoms with van der Waals surface area (Å²) in [7, 11) is 0. The molecule has 1 aromatic rings. The van der Waals surface area contributed by atoms with Gasteiger partial charge in [0.15, 0.2) is 0 Å². The van der Waals surface area contributed by atoms with E-state index in [4.69, 9.17) is 5.73 Å². The highest BCUT2D eigenvalue weighted by Gasteiger charge is 2.32. The van der Waals surface area contributed by atoms with Crippen molar-refractivity contribution < 1.29 is 13.2 Å². The van der Waals surface area contributed by atoms with Gasteiger partial charge in [-0.2, -0.15) is 13.2 Å². The van der Waals surface area contributed by atoms with Crippen LogP contribution in [0.4, 0.5) is 18.9 Å². The Labute approximate surface area is 118 Å². The zero-order chi connectivity index (χ0) is 14.2. The van der Waals surface area contributed by atoms with Crippen molar-refractivity contribution in [1.82, 2.24) is 0 Å². The van der Waals surface area contributed by atoms with Gasteiger partial charge in [-0.15, -0.1) is 0 Å². The minimum atomic E-state index is -4.31. The van der Waals surface area contributed by atoms with Crippen molar-refractivity contribution in [2.24, 2.45) is 5.73 Å². The fourth-order valence-electron chi connectivity index (χ4n) is 2.48. The van der Waals surface area contributed by atoms with Crippen LogP contribution in [0.5, 0.6) is 0 Å². The first-order valence-electron chi connectivity index (χ1n) is 6.18. The normalized spacial score (nSPS) is 24.6. The van der Waals surface area contributed by atoms with Gasteiger partial charge < -0.3 is 10.6 Å². The molecule has 0 aliphatic carbocycles. The molecule has 2 N–H and O–H groups in total. The first-order valence-corrected chi connectivity index (χ1v) is 6.97. The first kappa shape index (κ1) is 14.7. The van der Waals surface area contributed by atoms with Crippen molar-refractivity contribution >= 4 is 21.6 Å². The van der Waals surface area contributed by atoms with Crippen LogP contribution in [-0.2, 0) is 6.18 Å². The van der Waals surface area contributed by atoms with E-state index < -0.39 is 11.7 Å². The first-order chi connectivity index (χ1) is 8.79. The highest BCUT2D eigenvalue weighted by Crippen LogP contribution is 2.37. The molecule has 19 heavy (non-hydrogen) atoms. The van der Waals surface area contributed by atoms with Crippen LogP contribution in [0.2, 0.25) is 0 Å². The van der Waals surface area contributed by atoms with E-state index in [0.717, 1.165) is 18.9 Å². The maximum atomic E-state index is 12.8. The lowest BCUT2D eigenvalue weighted by Crippen LogP contribution is -2.45. The largest absolute Gasteiger partial charge is 0.416 e. The molecule has 0 aromatic heterocycles. The molecule has 1 heterocycles. The average Bonchev–Trinajstić information content (AvgIpc) is 2.29. The Morgan fingerprint density at radius 1 is 1.37 bits per heavy atom. The van der Waals surface area contributed by atoms with Crippen LogP contribution in [-0.4, -0.2) is 18.6 Å². The molecule has 0 saturated carbocycles. The number of rotatable bonds is 1. The lowest BCUT2D eigenvalue weighted by Gasteiger charge is -2.38. The van der Waals surface area contributed by atoms with E-state index in [-0.39, 0.29) is 12.1 Å². The summed E-state index contributed by atoms with van der Waals surface area (Å²) in [6.07, 6.45) is -2.72. The third-order valence-electron chi connectivity index (χ3n) is 3.50. The molecule has 2 rings (SSSR count). The predicted octanol–water partition coefficient (Wildman–Crippen LogP) is 3.78. The Morgan fingerprint density at radius 3 is 2.63 bits per heavy atom. The van der Waals surface area contributed by atoms with E-state index in [1.807, 2.05) is 11.8 Å². The van der Waals surface area contributed by atoms with Crippen LogP contribution in [0.3, 0.4) is 0 Å². The molecule has 2 atom stereocenters. The summed E-state index contributed by atoms with van der Waals surface area (Å²) < 4.78 is 39.0. The molecule has 6 heteroatoms.